The van der Waals surface area contributed by atoms with Crippen LogP contribution < -0.4 is 4.74 Å². The number of rotatable bonds is 5. The van der Waals surface area contributed by atoms with E-state index in [4.69, 9.17) is 4.74 Å². The number of benzene rings is 1. The maximum atomic E-state index is 5.70. The van der Waals surface area contributed by atoms with E-state index in [1.165, 1.54) is 24.8 Å². The molecular weight excluding hydrogens is 252 g/mol. The van der Waals surface area contributed by atoms with Gasteiger partial charge in [-0.15, -0.1) is 0 Å². The third-order valence-electron chi connectivity index (χ3n) is 2.58. The first-order chi connectivity index (χ1) is 7.24. The van der Waals surface area contributed by atoms with Crippen LogP contribution in [0.15, 0.2) is 24.3 Å². The first-order valence-corrected chi connectivity index (χ1v) is 6.55. The molecule has 0 spiro atoms. The van der Waals surface area contributed by atoms with Gasteiger partial charge in [-0.3, -0.25) is 0 Å². The van der Waals surface area contributed by atoms with Crippen LogP contribution in [0.1, 0.15) is 31.7 Å². The van der Waals surface area contributed by atoms with Crippen LogP contribution in [0.4, 0.5) is 0 Å². The minimum Gasteiger partial charge on any atom is -0.490 e. The third-order valence-corrected chi connectivity index (χ3v) is 3.04. The van der Waals surface area contributed by atoms with Gasteiger partial charge in [0.25, 0.3) is 0 Å². The normalized spacial score (nSPS) is 17.5. The molecule has 0 aromatic heterocycles. The zero-order chi connectivity index (χ0) is 10.7. The van der Waals surface area contributed by atoms with Crippen molar-refractivity contribution in [3.8, 4) is 5.75 Å². The van der Waals surface area contributed by atoms with E-state index in [2.05, 4.69) is 47.1 Å². The molecule has 2 heteroatoms. The Morgan fingerprint density at radius 3 is 2.53 bits per heavy atom. The lowest BCUT2D eigenvalue weighted by Gasteiger charge is -2.06. The highest BCUT2D eigenvalue weighted by molar-refractivity contribution is 9.09. The Hall–Kier alpha value is -0.500. The molecule has 1 atom stereocenters. The summed E-state index contributed by atoms with van der Waals surface area (Å²) < 4.78 is 5.70. The lowest BCUT2D eigenvalue weighted by molar-refractivity contribution is 0.303. The van der Waals surface area contributed by atoms with Crippen molar-refractivity contribution in [2.75, 3.05) is 0 Å². The molecule has 1 aromatic rings. The van der Waals surface area contributed by atoms with Gasteiger partial charge in [-0.05, 0) is 43.4 Å². The molecule has 1 aliphatic rings. The first-order valence-electron chi connectivity index (χ1n) is 5.64. The summed E-state index contributed by atoms with van der Waals surface area (Å²) in [7, 11) is 0. The van der Waals surface area contributed by atoms with Crippen molar-refractivity contribution in [3.63, 3.8) is 0 Å². The number of hydrogen-bond acceptors (Lipinski definition) is 1. The van der Waals surface area contributed by atoms with Gasteiger partial charge in [0.15, 0.2) is 0 Å². The van der Waals surface area contributed by atoms with E-state index in [-0.39, 0.29) is 0 Å². The molecule has 1 saturated carbocycles. The van der Waals surface area contributed by atoms with Crippen molar-refractivity contribution in [1.29, 1.82) is 0 Å². The fourth-order valence-corrected chi connectivity index (χ4v) is 1.71. The lowest BCUT2D eigenvalue weighted by Crippen LogP contribution is -1.97. The summed E-state index contributed by atoms with van der Waals surface area (Å²) >= 11 is 3.56. The first kappa shape index (κ1) is 11.0. The minimum atomic E-state index is 0.499. The van der Waals surface area contributed by atoms with Crippen LogP contribution in [-0.2, 0) is 6.42 Å². The molecule has 0 heterocycles. The number of ether oxygens (including phenoxy) is 1. The van der Waals surface area contributed by atoms with Crippen molar-refractivity contribution in [2.24, 2.45) is 0 Å². The number of aryl methyl sites for hydroxylation is 1. The largest absolute Gasteiger partial charge is 0.490 e. The SMILES string of the molecule is CC(Br)CCc1ccc(OC2CC2)cc1. The second kappa shape index (κ2) is 5.02. The smallest absolute Gasteiger partial charge is 0.119 e. The van der Waals surface area contributed by atoms with Gasteiger partial charge in [0.2, 0.25) is 0 Å². The monoisotopic (exact) mass is 268 g/mol. The summed E-state index contributed by atoms with van der Waals surface area (Å²) in [6.07, 6.45) is 5.27. The zero-order valence-electron chi connectivity index (χ0n) is 9.08. The Balaban J connectivity index is 1.85. The minimum absolute atomic E-state index is 0.499. The predicted octanol–water partition coefficient (Wildman–Crippen LogP) is 3.94. The second-order valence-electron chi connectivity index (χ2n) is 4.28. The van der Waals surface area contributed by atoms with Gasteiger partial charge in [0, 0.05) is 4.83 Å². The van der Waals surface area contributed by atoms with E-state index in [0.29, 0.717) is 10.9 Å². The van der Waals surface area contributed by atoms with Gasteiger partial charge in [0.1, 0.15) is 5.75 Å². The van der Waals surface area contributed by atoms with Crippen molar-refractivity contribution >= 4 is 15.9 Å². The lowest BCUT2D eigenvalue weighted by atomic mass is 10.1. The maximum Gasteiger partial charge on any atom is 0.119 e. The molecule has 0 N–H and O–H groups in total. The van der Waals surface area contributed by atoms with Crippen LogP contribution in [0.2, 0.25) is 0 Å². The summed E-state index contributed by atoms with van der Waals surface area (Å²) in [6.45, 7) is 2.19. The third kappa shape index (κ3) is 3.86. The summed E-state index contributed by atoms with van der Waals surface area (Å²) in [6, 6.07) is 8.53. The average Bonchev–Trinajstić information content (AvgIpc) is 3.01. The molecule has 15 heavy (non-hydrogen) atoms. The number of halogens is 1. The Bertz CT molecular complexity index is 301. The fourth-order valence-electron chi connectivity index (χ4n) is 1.48. The van der Waals surface area contributed by atoms with Crippen LogP contribution in [0, 0.1) is 0 Å². The Morgan fingerprint density at radius 1 is 1.33 bits per heavy atom. The van der Waals surface area contributed by atoms with Gasteiger partial charge in [-0.1, -0.05) is 35.0 Å². The highest BCUT2D eigenvalue weighted by Crippen LogP contribution is 2.26. The molecule has 0 aliphatic heterocycles. The van der Waals surface area contributed by atoms with Gasteiger partial charge in [0.05, 0.1) is 6.10 Å². The molecule has 1 fully saturated rings. The quantitative estimate of drug-likeness (QED) is 0.735. The predicted molar refractivity (Wildman–Crippen MR) is 66.8 cm³/mol. The summed E-state index contributed by atoms with van der Waals surface area (Å²) in [4.78, 5) is 0.597. The van der Waals surface area contributed by atoms with Crippen LogP contribution in [0.25, 0.3) is 0 Å². The fraction of sp³-hybridized carbons (Fsp3) is 0.538. The van der Waals surface area contributed by atoms with E-state index < -0.39 is 0 Å². The van der Waals surface area contributed by atoms with Crippen molar-refractivity contribution in [3.05, 3.63) is 29.8 Å². The molecular formula is C13H17BrO. The number of alkyl halides is 1. The van der Waals surface area contributed by atoms with Crippen LogP contribution in [-0.4, -0.2) is 10.9 Å². The molecule has 2 rings (SSSR count). The summed E-state index contributed by atoms with van der Waals surface area (Å²) in [5.41, 5.74) is 1.39. The van der Waals surface area contributed by atoms with Crippen molar-refractivity contribution in [2.45, 2.75) is 43.5 Å². The van der Waals surface area contributed by atoms with E-state index >= 15 is 0 Å². The summed E-state index contributed by atoms with van der Waals surface area (Å²) in [5.74, 6) is 1.02. The molecule has 1 nitrogen and oxygen atoms in total. The average molecular weight is 269 g/mol. The molecule has 1 aromatic carbocycles. The highest BCUT2D eigenvalue weighted by atomic mass is 79.9. The second-order valence-corrected chi connectivity index (χ2v) is 5.84. The van der Waals surface area contributed by atoms with E-state index in [1.807, 2.05) is 0 Å². The van der Waals surface area contributed by atoms with Crippen molar-refractivity contribution < 1.29 is 4.74 Å². The molecule has 0 bridgehead atoms. The standard InChI is InChI=1S/C13H17BrO/c1-10(14)2-3-11-4-6-12(7-5-11)15-13-8-9-13/h4-7,10,13H,2-3,8-9H2,1H3. The Morgan fingerprint density at radius 2 is 2.00 bits per heavy atom. The van der Waals surface area contributed by atoms with Gasteiger partial charge in [-0.2, -0.15) is 0 Å². The molecule has 1 aliphatic carbocycles. The maximum absolute atomic E-state index is 5.70. The summed E-state index contributed by atoms with van der Waals surface area (Å²) in [5, 5.41) is 0. The van der Waals surface area contributed by atoms with Crippen LogP contribution in [0.3, 0.4) is 0 Å². The molecule has 0 amide bonds. The Labute approximate surface area is 100.0 Å². The van der Waals surface area contributed by atoms with Crippen LogP contribution >= 0.6 is 15.9 Å². The van der Waals surface area contributed by atoms with Crippen LogP contribution in [0.5, 0.6) is 5.75 Å². The highest BCUT2D eigenvalue weighted by Gasteiger charge is 2.23. The van der Waals surface area contributed by atoms with Crippen molar-refractivity contribution in [1.82, 2.24) is 0 Å². The van der Waals surface area contributed by atoms with E-state index in [9.17, 15) is 0 Å². The van der Waals surface area contributed by atoms with Gasteiger partial charge < -0.3 is 4.74 Å². The molecule has 82 valence electrons. The number of hydrogen-bond donors (Lipinski definition) is 0. The molecule has 0 radical (unpaired) electrons. The van der Waals surface area contributed by atoms with Gasteiger partial charge >= 0.3 is 0 Å². The van der Waals surface area contributed by atoms with Gasteiger partial charge in [-0.25, -0.2) is 0 Å². The topological polar surface area (TPSA) is 9.23 Å². The molecule has 1 unspecified atom stereocenters. The Kier molecular flexibility index (Phi) is 3.68. The van der Waals surface area contributed by atoms with E-state index in [1.54, 1.807) is 0 Å². The zero-order valence-corrected chi connectivity index (χ0v) is 10.7. The van der Waals surface area contributed by atoms with E-state index in [0.717, 1.165) is 12.2 Å². The molecule has 0 saturated heterocycles.